The lowest BCUT2D eigenvalue weighted by atomic mass is 9.96. The second kappa shape index (κ2) is 7.21. The highest BCUT2D eigenvalue weighted by atomic mass is 79.9. The van der Waals surface area contributed by atoms with Crippen molar-refractivity contribution in [1.29, 1.82) is 0 Å². The van der Waals surface area contributed by atoms with E-state index in [9.17, 15) is 8.78 Å². The fourth-order valence-electron chi connectivity index (χ4n) is 4.01. The first-order valence-electron chi connectivity index (χ1n) is 8.79. The van der Waals surface area contributed by atoms with E-state index in [0.29, 0.717) is 23.5 Å². The second-order valence-corrected chi connectivity index (χ2v) is 7.76. The molecule has 0 bridgehead atoms. The number of halogens is 3. The van der Waals surface area contributed by atoms with Gasteiger partial charge in [-0.3, -0.25) is 0 Å². The summed E-state index contributed by atoms with van der Waals surface area (Å²) in [5, 5.41) is 6.95. The molecule has 7 heteroatoms. The third-order valence-electron chi connectivity index (χ3n) is 5.32. The molecule has 0 unspecified atom stereocenters. The van der Waals surface area contributed by atoms with E-state index in [1.54, 1.807) is 0 Å². The van der Waals surface area contributed by atoms with Crippen molar-refractivity contribution in [2.24, 2.45) is 0 Å². The van der Waals surface area contributed by atoms with Gasteiger partial charge in [0.05, 0.1) is 17.7 Å². The Kier molecular flexibility index (Phi) is 4.97. The molecule has 25 heavy (non-hydrogen) atoms. The van der Waals surface area contributed by atoms with Crippen molar-refractivity contribution < 1.29 is 13.5 Å². The zero-order chi connectivity index (χ0) is 17.4. The molecular weight excluding hydrogens is 392 g/mol. The third-order valence-corrected chi connectivity index (χ3v) is 5.93. The zero-order valence-electron chi connectivity index (χ0n) is 14.0. The van der Waals surface area contributed by atoms with Crippen LogP contribution in [-0.4, -0.2) is 43.9 Å². The number of benzene rings is 1. The van der Waals surface area contributed by atoms with Crippen molar-refractivity contribution in [3.05, 3.63) is 45.2 Å². The van der Waals surface area contributed by atoms with Crippen LogP contribution in [0.4, 0.5) is 8.78 Å². The van der Waals surface area contributed by atoms with Crippen molar-refractivity contribution in [2.45, 2.75) is 31.2 Å². The van der Waals surface area contributed by atoms with E-state index >= 15 is 0 Å². The maximum absolute atomic E-state index is 14.4. The van der Waals surface area contributed by atoms with Gasteiger partial charge in [0, 0.05) is 55.0 Å². The van der Waals surface area contributed by atoms with Gasteiger partial charge < -0.3 is 20.3 Å². The molecule has 136 valence electrons. The van der Waals surface area contributed by atoms with Gasteiger partial charge in [0.15, 0.2) is 0 Å². The average molecular weight is 414 g/mol. The standard InChI is InChI=1S/C18H22BrF2N3O/c19-13-1-2-14(20)17(18(13)21)11-7-16-15(23-10-24(16)8-11)3-5-22-12-4-6-25-9-12/h1-2,11-12,22-23H,3-10H2/t11-,12+/m0/s1. The lowest BCUT2D eigenvalue weighted by Crippen LogP contribution is -2.31. The van der Waals surface area contributed by atoms with Crippen LogP contribution in [0.5, 0.6) is 0 Å². The second-order valence-electron chi connectivity index (χ2n) is 6.91. The fraction of sp³-hybridized carbons (Fsp3) is 0.556. The third kappa shape index (κ3) is 3.41. The van der Waals surface area contributed by atoms with Crippen molar-refractivity contribution in [3.63, 3.8) is 0 Å². The Morgan fingerprint density at radius 3 is 3.04 bits per heavy atom. The molecule has 0 aromatic heterocycles. The fourth-order valence-corrected chi connectivity index (χ4v) is 4.36. The Morgan fingerprint density at radius 2 is 2.24 bits per heavy atom. The molecule has 0 spiro atoms. The predicted octanol–water partition coefficient (Wildman–Crippen LogP) is 3.06. The number of hydrogen-bond donors (Lipinski definition) is 2. The monoisotopic (exact) mass is 413 g/mol. The lowest BCUT2D eigenvalue weighted by molar-refractivity contribution is 0.190. The minimum absolute atomic E-state index is 0.138. The van der Waals surface area contributed by atoms with Gasteiger partial charge in [-0.25, -0.2) is 8.78 Å². The van der Waals surface area contributed by atoms with Gasteiger partial charge in [-0.15, -0.1) is 0 Å². The summed E-state index contributed by atoms with van der Waals surface area (Å²) in [5.41, 5.74) is 2.61. The van der Waals surface area contributed by atoms with Gasteiger partial charge in [-0.05, 0) is 40.9 Å². The van der Waals surface area contributed by atoms with Gasteiger partial charge in [-0.2, -0.15) is 0 Å². The van der Waals surface area contributed by atoms with E-state index in [4.69, 9.17) is 4.74 Å². The van der Waals surface area contributed by atoms with Crippen LogP contribution >= 0.6 is 15.9 Å². The summed E-state index contributed by atoms with van der Waals surface area (Å²) >= 11 is 3.17. The Morgan fingerprint density at radius 1 is 1.36 bits per heavy atom. The summed E-state index contributed by atoms with van der Waals surface area (Å²) in [6.45, 7) is 3.89. The number of fused-ring (bicyclic) bond motifs is 1. The van der Waals surface area contributed by atoms with Crippen molar-refractivity contribution in [2.75, 3.05) is 33.0 Å². The minimum atomic E-state index is -0.468. The minimum Gasteiger partial charge on any atom is -0.380 e. The Balaban J connectivity index is 1.44. The van der Waals surface area contributed by atoms with Crippen LogP contribution < -0.4 is 10.6 Å². The molecule has 2 fully saturated rings. The van der Waals surface area contributed by atoms with Crippen molar-refractivity contribution in [3.8, 4) is 0 Å². The van der Waals surface area contributed by atoms with Crippen LogP contribution in [0.3, 0.4) is 0 Å². The lowest BCUT2D eigenvalue weighted by Gasteiger charge is -2.16. The van der Waals surface area contributed by atoms with Crippen LogP contribution in [0.25, 0.3) is 0 Å². The molecule has 1 aromatic carbocycles. The molecule has 4 rings (SSSR count). The van der Waals surface area contributed by atoms with E-state index in [-0.39, 0.29) is 11.5 Å². The highest BCUT2D eigenvalue weighted by molar-refractivity contribution is 9.10. The van der Waals surface area contributed by atoms with E-state index in [0.717, 1.165) is 39.3 Å². The summed E-state index contributed by atoms with van der Waals surface area (Å²) < 4.78 is 34.3. The summed E-state index contributed by atoms with van der Waals surface area (Å²) in [4.78, 5) is 2.21. The van der Waals surface area contributed by atoms with Crippen molar-refractivity contribution >= 4 is 15.9 Å². The highest BCUT2D eigenvalue weighted by Crippen LogP contribution is 2.40. The quantitative estimate of drug-likeness (QED) is 0.727. The van der Waals surface area contributed by atoms with E-state index in [1.165, 1.54) is 23.5 Å². The molecule has 3 heterocycles. The summed E-state index contributed by atoms with van der Waals surface area (Å²) in [5.74, 6) is -1.06. The van der Waals surface area contributed by atoms with Gasteiger partial charge >= 0.3 is 0 Å². The molecule has 0 aliphatic carbocycles. The number of hydrogen-bond acceptors (Lipinski definition) is 4. The van der Waals surface area contributed by atoms with Gasteiger partial charge in [0.25, 0.3) is 0 Å². The van der Waals surface area contributed by atoms with Crippen LogP contribution in [-0.2, 0) is 4.74 Å². The largest absolute Gasteiger partial charge is 0.380 e. The molecule has 4 nitrogen and oxygen atoms in total. The average Bonchev–Trinajstić information content (AvgIpc) is 3.30. The molecule has 0 saturated carbocycles. The number of nitrogens with zero attached hydrogens (tertiary/aromatic N) is 1. The van der Waals surface area contributed by atoms with Crippen LogP contribution in [0.2, 0.25) is 0 Å². The molecular formula is C18H22BrF2N3O. The highest BCUT2D eigenvalue weighted by Gasteiger charge is 2.36. The summed E-state index contributed by atoms with van der Waals surface area (Å²) in [6, 6.07) is 3.21. The van der Waals surface area contributed by atoms with E-state index < -0.39 is 11.6 Å². The topological polar surface area (TPSA) is 36.5 Å². The molecule has 3 aliphatic heterocycles. The molecule has 2 saturated heterocycles. The first-order valence-corrected chi connectivity index (χ1v) is 9.58. The number of ether oxygens (including phenoxy) is 1. The predicted molar refractivity (Wildman–Crippen MR) is 95.0 cm³/mol. The number of allylic oxidation sites excluding steroid dienone is 1. The zero-order valence-corrected chi connectivity index (χ0v) is 15.5. The SMILES string of the molecule is Fc1ccc(Br)c(F)c1[C@H]1CC2=C(CCN[C@@H]3CCOC3)NCN2C1. The van der Waals surface area contributed by atoms with Crippen LogP contribution in [0.15, 0.2) is 28.0 Å². The molecule has 3 aliphatic rings. The van der Waals surface area contributed by atoms with Gasteiger partial charge in [0.1, 0.15) is 11.6 Å². The van der Waals surface area contributed by atoms with E-state index in [1.807, 2.05) is 0 Å². The maximum Gasteiger partial charge on any atom is 0.143 e. The molecule has 0 radical (unpaired) electrons. The maximum atomic E-state index is 14.4. The number of rotatable bonds is 5. The van der Waals surface area contributed by atoms with Gasteiger partial charge in [0.2, 0.25) is 0 Å². The first-order chi connectivity index (χ1) is 12.1. The molecule has 2 N–H and O–H groups in total. The van der Waals surface area contributed by atoms with E-state index in [2.05, 4.69) is 31.5 Å². The molecule has 1 aromatic rings. The molecule has 0 amide bonds. The Labute approximate surface area is 154 Å². The Hall–Kier alpha value is -1.18. The van der Waals surface area contributed by atoms with Gasteiger partial charge in [-0.1, -0.05) is 0 Å². The molecule has 2 atom stereocenters. The number of nitrogens with one attached hydrogen (secondary N) is 2. The van der Waals surface area contributed by atoms with Crippen molar-refractivity contribution in [1.82, 2.24) is 15.5 Å². The van der Waals surface area contributed by atoms with Crippen LogP contribution in [0, 0.1) is 11.6 Å². The normalized spacial score (nSPS) is 25.6. The smallest absolute Gasteiger partial charge is 0.143 e. The Bertz CT molecular complexity index is 691. The van der Waals surface area contributed by atoms with Crippen LogP contribution in [0.1, 0.15) is 30.7 Å². The summed E-state index contributed by atoms with van der Waals surface area (Å²) in [7, 11) is 0. The summed E-state index contributed by atoms with van der Waals surface area (Å²) in [6.07, 6.45) is 2.65. The first kappa shape index (κ1) is 17.2.